The number of hydrogen-bond acceptors (Lipinski definition) is 4. The van der Waals surface area contributed by atoms with Gasteiger partial charge >= 0.3 is 23.9 Å². The Balaban J connectivity index is 3.21. The van der Waals surface area contributed by atoms with Gasteiger partial charge < -0.3 is 14.6 Å². The predicted molar refractivity (Wildman–Crippen MR) is 65.1 cm³/mol. The Morgan fingerprint density at radius 3 is 2.23 bits per heavy atom. The first-order chi connectivity index (χ1) is 9.65. The molecule has 0 aromatic rings. The van der Waals surface area contributed by atoms with Crippen molar-refractivity contribution >= 4 is 5.97 Å². The van der Waals surface area contributed by atoms with Crippen LogP contribution in [0.3, 0.4) is 0 Å². The highest BCUT2D eigenvalue weighted by atomic mass is 19.4. The van der Waals surface area contributed by atoms with Crippen LogP contribution in [-0.2, 0) is 14.3 Å². The molecule has 0 spiro atoms. The van der Waals surface area contributed by atoms with E-state index in [1.807, 2.05) is 0 Å². The van der Waals surface area contributed by atoms with Crippen molar-refractivity contribution in [1.82, 2.24) is 0 Å². The molecule has 0 amide bonds. The molecule has 0 aliphatic carbocycles. The number of halogens is 5. The first-order valence-corrected chi connectivity index (χ1v) is 6.69. The lowest BCUT2D eigenvalue weighted by Crippen LogP contribution is -2.73. The minimum atomic E-state index is -5.75. The standard InChI is InChI=1S/C13H19F5O4/c1-5-9(2,3)8(19)22-10(4)6-7-21-12(20,11(10,14)15)13(16,17)18/h20H,5-7H2,1-4H3. The number of carbonyl (C=O) groups excluding carboxylic acids is 1. The van der Waals surface area contributed by atoms with E-state index in [0.717, 1.165) is 0 Å². The van der Waals surface area contributed by atoms with Crippen LogP contribution in [0.25, 0.3) is 0 Å². The molecule has 0 aromatic heterocycles. The van der Waals surface area contributed by atoms with Crippen LogP contribution in [0.1, 0.15) is 40.5 Å². The summed E-state index contributed by atoms with van der Waals surface area (Å²) in [5.74, 6) is -10.6. The van der Waals surface area contributed by atoms with Gasteiger partial charge in [-0.2, -0.15) is 22.0 Å². The van der Waals surface area contributed by atoms with Gasteiger partial charge in [0.05, 0.1) is 12.0 Å². The zero-order chi connectivity index (χ0) is 17.6. The zero-order valence-corrected chi connectivity index (χ0v) is 12.7. The molecule has 22 heavy (non-hydrogen) atoms. The second kappa shape index (κ2) is 5.30. The third-order valence-corrected chi connectivity index (χ3v) is 4.12. The highest BCUT2D eigenvalue weighted by molar-refractivity contribution is 5.76. The number of rotatable bonds is 3. The molecule has 2 unspecified atom stereocenters. The van der Waals surface area contributed by atoms with Crippen molar-refractivity contribution in [3.05, 3.63) is 0 Å². The van der Waals surface area contributed by atoms with Gasteiger partial charge in [0.1, 0.15) is 0 Å². The van der Waals surface area contributed by atoms with Crippen LogP contribution >= 0.6 is 0 Å². The molecule has 1 rings (SSSR count). The van der Waals surface area contributed by atoms with Crippen molar-refractivity contribution in [2.24, 2.45) is 5.41 Å². The Morgan fingerprint density at radius 1 is 1.32 bits per heavy atom. The number of alkyl halides is 5. The van der Waals surface area contributed by atoms with Gasteiger partial charge in [-0.15, -0.1) is 0 Å². The number of hydrogen-bond donors (Lipinski definition) is 1. The van der Waals surface area contributed by atoms with Crippen LogP contribution in [0, 0.1) is 5.41 Å². The largest absolute Gasteiger partial charge is 0.452 e. The molecule has 0 bridgehead atoms. The predicted octanol–water partition coefficient (Wildman–Crippen LogP) is 3.03. The fourth-order valence-electron chi connectivity index (χ4n) is 1.86. The van der Waals surface area contributed by atoms with Gasteiger partial charge in [0.15, 0.2) is 5.60 Å². The number of ether oxygens (including phenoxy) is 2. The summed E-state index contributed by atoms with van der Waals surface area (Å²) in [5, 5.41) is 9.36. The fourth-order valence-corrected chi connectivity index (χ4v) is 1.86. The number of carbonyl (C=O) groups is 1. The van der Waals surface area contributed by atoms with Gasteiger partial charge in [-0.25, -0.2) is 0 Å². The van der Waals surface area contributed by atoms with Crippen molar-refractivity contribution in [3.8, 4) is 0 Å². The lowest BCUT2D eigenvalue weighted by molar-refractivity contribution is -0.469. The van der Waals surface area contributed by atoms with Crippen LogP contribution in [0.2, 0.25) is 0 Å². The quantitative estimate of drug-likeness (QED) is 0.637. The average molecular weight is 334 g/mol. The molecule has 0 radical (unpaired) electrons. The first-order valence-electron chi connectivity index (χ1n) is 6.69. The SMILES string of the molecule is CCC(C)(C)C(=O)OC1(C)CCOC(O)(C(F)(F)F)C1(F)F. The summed E-state index contributed by atoms with van der Waals surface area (Å²) in [6.45, 7) is 4.29. The zero-order valence-electron chi connectivity index (χ0n) is 12.7. The van der Waals surface area contributed by atoms with Crippen LogP contribution in [0.5, 0.6) is 0 Å². The molecule has 9 heteroatoms. The smallest absolute Gasteiger partial charge is 0.449 e. The maximum Gasteiger partial charge on any atom is 0.449 e. The van der Waals surface area contributed by atoms with Gasteiger partial charge in [-0.3, -0.25) is 4.79 Å². The van der Waals surface area contributed by atoms with Crippen LogP contribution < -0.4 is 0 Å². The minimum absolute atomic E-state index is 0.244. The monoisotopic (exact) mass is 334 g/mol. The summed E-state index contributed by atoms with van der Waals surface area (Å²) in [6.07, 6.45) is -6.18. The fraction of sp³-hybridized carbons (Fsp3) is 0.923. The van der Waals surface area contributed by atoms with Gasteiger partial charge in [0.2, 0.25) is 0 Å². The summed E-state index contributed by atoms with van der Waals surface area (Å²) < 4.78 is 75.6. The van der Waals surface area contributed by atoms with E-state index >= 15 is 0 Å². The molecule has 2 atom stereocenters. The third kappa shape index (κ3) is 2.68. The van der Waals surface area contributed by atoms with Crippen LogP contribution in [0.4, 0.5) is 22.0 Å². The lowest BCUT2D eigenvalue weighted by Gasteiger charge is -2.49. The molecule has 1 N–H and O–H groups in total. The van der Waals surface area contributed by atoms with Crippen molar-refractivity contribution in [3.63, 3.8) is 0 Å². The average Bonchev–Trinajstić information content (AvgIpc) is 2.35. The van der Waals surface area contributed by atoms with E-state index in [4.69, 9.17) is 4.74 Å². The van der Waals surface area contributed by atoms with E-state index in [1.165, 1.54) is 13.8 Å². The van der Waals surface area contributed by atoms with Gasteiger partial charge in [-0.1, -0.05) is 6.92 Å². The summed E-state index contributed by atoms with van der Waals surface area (Å²) in [4.78, 5) is 12.0. The second-order valence-electron chi connectivity index (χ2n) is 6.17. The highest BCUT2D eigenvalue weighted by Gasteiger charge is 2.80. The van der Waals surface area contributed by atoms with Crippen LogP contribution in [0.15, 0.2) is 0 Å². The van der Waals surface area contributed by atoms with Crippen molar-refractivity contribution in [2.45, 2.75) is 64.0 Å². The van der Waals surface area contributed by atoms with E-state index in [-0.39, 0.29) is 6.42 Å². The molecule has 1 aliphatic rings. The summed E-state index contributed by atoms with van der Waals surface area (Å²) in [7, 11) is 0. The molecular formula is C13H19F5O4. The Morgan fingerprint density at radius 2 is 1.82 bits per heavy atom. The van der Waals surface area contributed by atoms with E-state index in [0.29, 0.717) is 6.92 Å². The summed E-state index contributed by atoms with van der Waals surface area (Å²) in [5.41, 5.74) is -3.98. The van der Waals surface area contributed by atoms with Crippen molar-refractivity contribution < 1.29 is 41.3 Å². The highest BCUT2D eigenvalue weighted by Crippen LogP contribution is 2.53. The molecule has 1 saturated heterocycles. The molecule has 0 aromatic carbocycles. The minimum Gasteiger partial charge on any atom is -0.452 e. The normalized spacial score (nSPS) is 32.6. The molecule has 0 saturated carbocycles. The topological polar surface area (TPSA) is 55.8 Å². The Labute approximate surface area is 124 Å². The Hall–Kier alpha value is -0.960. The van der Waals surface area contributed by atoms with E-state index in [9.17, 15) is 31.9 Å². The van der Waals surface area contributed by atoms with Crippen LogP contribution in [-0.4, -0.2) is 41.2 Å². The molecule has 130 valence electrons. The maximum atomic E-state index is 14.3. The maximum absolute atomic E-state index is 14.3. The lowest BCUT2D eigenvalue weighted by atomic mass is 9.83. The summed E-state index contributed by atoms with van der Waals surface area (Å²) in [6, 6.07) is 0. The van der Waals surface area contributed by atoms with Crippen molar-refractivity contribution in [2.75, 3.05) is 6.61 Å². The van der Waals surface area contributed by atoms with Gasteiger partial charge in [-0.05, 0) is 27.2 Å². The van der Waals surface area contributed by atoms with E-state index < -0.39 is 47.9 Å². The molecule has 1 aliphatic heterocycles. The molecule has 1 fully saturated rings. The van der Waals surface area contributed by atoms with E-state index in [2.05, 4.69) is 4.74 Å². The number of esters is 1. The molecule has 1 heterocycles. The molecule has 4 nitrogen and oxygen atoms in total. The Kier molecular flexibility index (Phi) is 4.59. The van der Waals surface area contributed by atoms with Gasteiger partial charge in [0, 0.05) is 6.42 Å². The Bertz CT molecular complexity index is 448. The first kappa shape index (κ1) is 19.1. The molecular weight excluding hydrogens is 315 g/mol. The van der Waals surface area contributed by atoms with E-state index in [1.54, 1.807) is 6.92 Å². The van der Waals surface area contributed by atoms with Crippen molar-refractivity contribution in [1.29, 1.82) is 0 Å². The summed E-state index contributed by atoms with van der Waals surface area (Å²) >= 11 is 0. The number of aliphatic hydroxyl groups is 1. The third-order valence-electron chi connectivity index (χ3n) is 4.12. The second-order valence-corrected chi connectivity index (χ2v) is 6.17. The van der Waals surface area contributed by atoms with Gasteiger partial charge in [0.25, 0.3) is 0 Å².